The number of nitrogens with zero attached hydrogens (tertiary/aromatic N) is 3. The first kappa shape index (κ1) is 22.2. The number of ether oxygens (including phenoxy) is 3. The molecule has 8 nitrogen and oxygen atoms in total. The third-order valence-corrected chi connectivity index (χ3v) is 5.70. The average molecular weight is 441 g/mol. The van der Waals surface area contributed by atoms with Crippen LogP contribution >= 0.6 is 0 Å². The number of morpholine rings is 1. The van der Waals surface area contributed by atoms with E-state index in [1.165, 1.54) is 0 Å². The molecule has 0 bridgehead atoms. The van der Waals surface area contributed by atoms with Crippen molar-refractivity contribution in [2.75, 3.05) is 67.7 Å². The van der Waals surface area contributed by atoms with Crippen LogP contribution in [0.2, 0.25) is 0 Å². The van der Waals surface area contributed by atoms with Gasteiger partial charge < -0.3 is 29.3 Å². The van der Waals surface area contributed by atoms with Gasteiger partial charge in [-0.15, -0.1) is 0 Å². The fourth-order valence-electron chi connectivity index (χ4n) is 4.19. The van der Waals surface area contributed by atoms with Crippen LogP contribution in [0.3, 0.4) is 0 Å². The zero-order valence-corrected chi connectivity index (χ0v) is 18.9. The molecule has 172 valence electrons. The third-order valence-electron chi connectivity index (χ3n) is 5.70. The number of carbonyl (C=O) groups is 1. The van der Waals surface area contributed by atoms with Crippen molar-refractivity contribution in [3.05, 3.63) is 36.0 Å². The summed E-state index contributed by atoms with van der Waals surface area (Å²) in [5.41, 5.74) is 2.11. The topological polar surface area (TPSA) is 76.2 Å². The Bertz CT molecular complexity index is 924. The first-order valence-electron chi connectivity index (χ1n) is 11.5. The molecule has 0 saturated carbocycles. The van der Waals surface area contributed by atoms with Gasteiger partial charge in [0.15, 0.2) is 0 Å². The summed E-state index contributed by atoms with van der Waals surface area (Å²) in [6.45, 7) is 9.67. The minimum absolute atomic E-state index is 0.206. The molecule has 1 amide bonds. The van der Waals surface area contributed by atoms with Crippen molar-refractivity contribution in [2.45, 2.75) is 26.7 Å². The van der Waals surface area contributed by atoms with Gasteiger partial charge in [-0.1, -0.05) is 0 Å². The lowest BCUT2D eigenvalue weighted by molar-refractivity contribution is 0.102. The van der Waals surface area contributed by atoms with E-state index >= 15 is 0 Å². The fraction of sp³-hybridized carbons (Fsp3) is 0.500. The molecule has 0 atom stereocenters. The van der Waals surface area contributed by atoms with E-state index in [0.717, 1.165) is 56.3 Å². The summed E-state index contributed by atoms with van der Waals surface area (Å²) in [5.74, 6) is 1.87. The number of anilines is 3. The molecule has 0 spiro atoms. The highest BCUT2D eigenvalue weighted by Crippen LogP contribution is 2.39. The maximum Gasteiger partial charge on any atom is 0.259 e. The van der Waals surface area contributed by atoms with Crippen molar-refractivity contribution in [3.63, 3.8) is 0 Å². The highest BCUT2D eigenvalue weighted by atomic mass is 16.5. The second kappa shape index (κ2) is 10.5. The molecule has 1 aromatic carbocycles. The Morgan fingerprint density at radius 3 is 2.47 bits per heavy atom. The Kier molecular flexibility index (Phi) is 7.32. The van der Waals surface area contributed by atoms with Gasteiger partial charge in [-0.05, 0) is 38.8 Å². The molecule has 3 heterocycles. The van der Waals surface area contributed by atoms with Gasteiger partial charge in [-0.3, -0.25) is 4.79 Å². The predicted octanol–water partition coefficient (Wildman–Crippen LogP) is 3.57. The molecule has 0 aliphatic carbocycles. The number of hydrogen-bond donors (Lipinski definition) is 1. The molecule has 4 rings (SSSR count). The van der Waals surface area contributed by atoms with Crippen LogP contribution in [0.15, 0.2) is 30.5 Å². The lowest BCUT2D eigenvalue weighted by Gasteiger charge is -2.31. The van der Waals surface area contributed by atoms with Gasteiger partial charge in [-0.2, -0.15) is 0 Å². The Hall–Kier alpha value is -3.00. The molecule has 2 saturated heterocycles. The summed E-state index contributed by atoms with van der Waals surface area (Å²) in [7, 11) is 0. The van der Waals surface area contributed by atoms with Gasteiger partial charge in [0.2, 0.25) is 0 Å². The van der Waals surface area contributed by atoms with Gasteiger partial charge in [-0.25, -0.2) is 4.98 Å². The fourth-order valence-corrected chi connectivity index (χ4v) is 4.19. The number of pyridine rings is 1. The number of hydrogen-bond acceptors (Lipinski definition) is 7. The van der Waals surface area contributed by atoms with Crippen LogP contribution in [0.1, 0.15) is 37.0 Å². The van der Waals surface area contributed by atoms with Crippen molar-refractivity contribution >= 4 is 23.1 Å². The number of carbonyl (C=O) groups excluding carboxylic acids is 1. The molecule has 0 unspecified atom stereocenters. The molecule has 32 heavy (non-hydrogen) atoms. The Labute approximate surface area is 189 Å². The van der Waals surface area contributed by atoms with Gasteiger partial charge in [0.05, 0.1) is 43.4 Å². The normalized spacial score (nSPS) is 16.2. The van der Waals surface area contributed by atoms with E-state index in [9.17, 15) is 4.79 Å². The summed E-state index contributed by atoms with van der Waals surface area (Å²) < 4.78 is 17.4. The van der Waals surface area contributed by atoms with Gasteiger partial charge in [0.1, 0.15) is 17.3 Å². The van der Waals surface area contributed by atoms with E-state index in [4.69, 9.17) is 14.2 Å². The Morgan fingerprint density at radius 2 is 1.75 bits per heavy atom. The minimum atomic E-state index is -0.206. The maximum atomic E-state index is 13.3. The molecule has 1 aromatic heterocycles. The summed E-state index contributed by atoms with van der Waals surface area (Å²) in [5, 5.41) is 3.05. The standard InChI is InChI=1S/C24H32N4O4/c1-3-31-21-17-20(27-12-14-30-15-13-27)22(32-4-2)16-19(21)26-24(29)18-8-7-9-25-23(18)28-10-5-6-11-28/h7-9,16-17H,3-6,10-15H2,1-2H3,(H,26,29). The molecule has 8 heteroatoms. The summed E-state index contributed by atoms with van der Waals surface area (Å²) >= 11 is 0. The van der Waals surface area contributed by atoms with E-state index in [-0.39, 0.29) is 5.91 Å². The van der Waals surface area contributed by atoms with Gasteiger partial charge in [0.25, 0.3) is 5.91 Å². The smallest absolute Gasteiger partial charge is 0.259 e. The monoisotopic (exact) mass is 440 g/mol. The van der Waals surface area contributed by atoms with Crippen LogP contribution in [-0.4, -0.2) is 63.5 Å². The van der Waals surface area contributed by atoms with E-state index < -0.39 is 0 Å². The molecule has 2 aliphatic rings. The molecule has 2 fully saturated rings. The number of amides is 1. The van der Waals surface area contributed by atoms with Crippen LogP contribution in [-0.2, 0) is 4.74 Å². The largest absolute Gasteiger partial charge is 0.492 e. The second-order valence-electron chi connectivity index (χ2n) is 7.80. The van der Waals surface area contributed by atoms with Crippen LogP contribution < -0.4 is 24.6 Å². The van der Waals surface area contributed by atoms with Crippen molar-refractivity contribution in [1.29, 1.82) is 0 Å². The summed E-state index contributed by atoms with van der Waals surface area (Å²) in [6, 6.07) is 7.44. The highest BCUT2D eigenvalue weighted by Gasteiger charge is 2.24. The van der Waals surface area contributed by atoms with Gasteiger partial charge in [0, 0.05) is 44.5 Å². The zero-order valence-electron chi connectivity index (χ0n) is 18.9. The maximum absolute atomic E-state index is 13.3. The first-order chi connectivity index (χ1) is 15.7. The zero-order chi connectivity index (χ0) is 22.3. The van der Waals surface area contributed by atoms with E-state index in [1.807, 2.05) is 32.0 Å². The molecular formula is C24H32N4O4. The molecule has 1 N–H and O–H groups in total. The first-order valence-corrected chi connectivity index (χ1v) is 11.5. The van der Waals surface area contributed by atoms with Crippen molar-refractivity contribution < 1.29 is 19.0 Å². The highest BCUT2D eigenvalue weighted by molar-refractivity contribution is 6.08. The number of aromatic nitrogens is 1. The van der Waals surface area contributed by atoms with Crippen LogP contribution in [0.5, 0.6) is 11.5 Å². The van der Waals surface area contributed by atoms with Crippen molar-refractivity contribution in [3.8, 4) is 11.5 Å². The SMILES string of the molecule is CCOc1cc(N2CCOCC2)c(OCC)cc1NC(=O)c1cccnc1N1CCCC1. The molecule has 2 aliphatic heterocycles. The van der Waals surface area contributed by atoms with Crippen LogP contribution in [0.4, 0.5) is 17.2 Å². The second-order valence-corrected chi connectivity index (χ2v) is 7.80. The average Bonchev–Trinajstić information content (AvgIpc) is 3.36. The molecular weight excluding hydrogens is 408 g/mol. The third kappa shape index (κ3) is 4.91. The number of rotatable bonds is 8. The lowest BCUT2D eigenvalue weighted by Crippen LogP contribution is -2.36. The van der Waals surface area contributed by atoms with Gasteiger partial charge >= 0.3 is 0 Å². The van der Waals surface area contributed by atoms with E-state index in [0.29, 0.717) is 43.4 Å². The van der Waals surface area contributed by atoms with E-state index in [2.05, 4.69) is 20.1 Å². The number of nitrogens with one attached hydrogen (secondary N) is 1. The molecule has 0 radical (unpaired) electrons. The Morgan fingerprint density at radius 1 is 1.03 bits per heavy atom. The number of benzene rings is 1. The quantitative estimate of drug-likeness (QED) is 0.672. The van der Waals surface area contributed by atoms with E-state index in [1.54, 1.807) is 12.3 Å². The minimum Gasteiger partial charge on any atom is -0.492 e. The predicted molar refractivity (Wildman–Crippen MR) is 125 cm³/mol. The Balaban J connectivity index is 1.65. The molecule has 2 aromatic rings. The van der Waals surface area contributed by atoms with Crippen LogP contribution in [0.25, 0.3) is 0 Å². The summed E-state index contributed by atoms with van der Waals surface area (Å²) in [4.78, 5) is 22.2. The van der Waals surface area contributed by atoms with Crippen molar-refractivity contribution in [2.24, 2.45) is 0 Å². The lowest BCUT2D eigenvalue weighted by atomic mass is 10.1. The summed E-state index contributed by atoms with van der Waals surface area (Å²) in [6.07, 6.45) is 3.97. The van der Waals surface area contributed by atoms with Crippen LogP contribution in [0, 0.1) is 0 Å². The van der Waals surface area contributed by atoms with Crippen molar-refractivity contribution in [1.82, 2.24) is 4.98 Å².